The maximum atomic E-state index is 12.4. The van der Waals surface area contributed by atoms with Crippen molar-refractivity contribution < 1.29 is 19.1 Å². The van der Waals surface area contributed by atoms with Crippen LogP contribution in [0.1, 0.15) is 27.9 Å². The van der Waals surface area contributed by atoms with Gasteiger partial charge in [0.1, 0.15) is 0 Å². The van der Waals surface area contributed by atoms with Crippen molar-refractivity contribution in [2.24, 2.45) is 0 Å². The summed E-state index contributed by atoms with van der Waals surface area (Å²) in [5.41, 5.74) is 2.48. The number of benzene rings is 2. The van der Waals surface area contributed by atoms with Crippen LogP contribution in [-0.2, 0) is 27.3 Å². The van der Waals surface area contributed by atoms with Crippen LogP contribution in [0.2, 0.25) is 0 Å². The Labute approximate surface area is 176 Å². The van der Waals surface area contributed by atoms with Crippen molar-refractivity contribution in [3.05, 3.63) is 71.3 Å². The summed E-state index contributed by atoms with van der Waals surface area (Å²) < 4.78 is 5.27. The molecule has 7 nitrogen and oxygen atoms in total. The summed E-state index contributed by atoms with van der Waals surface area (Å²) in [6.07, 6.45) is 0.520. The number of carbonyl (C=O) groups excluding carboxylic acids is 3. The van der Waals surface area contributed by atoms with Gasteiger partial charge in [-0.25, -0.2) is 0 Å². The second-order valence-corrected chi connectivity index (χ2v) is 7.14. The molecule has 0 unspecified atom stereocenters. The molecule has 1 fully saturated rings. The SMILES string of the molecule is O=C(CCNC(=O)Cc1ccccc1)NCc1ccc(C(=O)N2CCOCC2)cc1. The van der Waals surface area contributed by atoms with Crippen molar-refractivity contribution in [3.63, 3.8) is 0 Å². The van der Waals surface area contributed by atoms with Crippen molar-refractivity contribution in [1.82, 2.24) is 15.5 Å². The highest BCUT2D eigenvalue weighted by atomic mass is 16.5. The van der Waals surface area contributed by atoms with Gasteiger partial charge in [-0.15, -0.1) is 0 Å². The highest BCUT2D eigenvalue weighted by Gasteiger charge is 2.18. The number of rotatable bonds is 8. The van der Waals surface area contributed by atoms with Crippen LogP contribution in [0.3, 0.4) is 0 Å². The molecule has 2 aromatic rings. The first-order valence-electron chi connectivity index (χ1n) is 10.1. The minimum absolute atomic E-state index is 0.000120. The topological polar surface area (TPSA) is 87.7 Å². The highest BCUT2D eigenvalue weighted by molar-refractivity contribution is 5.94. The predicted molar refractivity (Wildman–Crippen MR) is 113 cm³/mol. The third-order valence-electron chi connectivity index (χ3n) is 4.87. The molecule has 0 bridgehead atoms. The fourth-order valence-electron chi connectivity index (χ4n) is 3.16. The van der Waals surface area contributed by atoms with E-state index in [0.29, 0.717) is 51.4 Å². The van der Waals surface area contributed by atoms with Gasteiger partial charge >= 0.3 is 0 Å². The van der Waals surface area contributed by atoms with Gasteiger partial charge in [0.2, 0.25) is 11.8 Å². The van der Waals surface area contributed by atoms with E-state index in [4.69, 9.17) is 4.74 Å². The van der Waals surface area contributed by atoms with Gasteiger partial charge in [0, 0.05) is 38.2 Å². The van der Waals surface area contributed by atoms with Crippen molar-refractivity contribution in [1.29, 1.82) is 0 Å². The van der Waals surface area contributed by atoms with E-state index in [9.17, 15) is 14.4 Å². The zero-order valence-electron chi connectivity index (χ0n) is 16.9. The molecule has 30 heavy (non-hydrogen) atoms. The molecule has 1 saturated heterocycles. The Bertz CT molecular complexity index is 847. The maximum absolute atomic E-state index is 12.4. The molecule has 1 aliphatic rings. The van der Waals surface area contributed by atoms with Gasteiger partial charge in [-0.05, 0) is 23.3 Å². The monoisotopic (exact) mass is 409 g/mol. The van der Waals surface area contributed by atoms with Crippen molar-refractivity contribution >= 4 is 17.7 Å². The normalized spacial score (nSPS) is 13.5. The second-order valence-electron chi connectivity index (χ2n) is 7.14. The number of hydrogen-bond acceptors (Lipinski definition) is 4. The summed E-state index contributed by atoms with van der Waals surface area (Å²) in [4.78, 5) is 38.1. The smallest absolute Gasteiger partial charge is 0.254 e. The summed E-state index contributed by atoms with van der Waals surface area (Å²) in [6.45, 7) is 3.04. The lowest BCUT2D eigenvalue weighted by Gasteiger charge is -2.26. The van der Waals surface area contributed by atoms with Gasteiger partial charge in [-0.1, -0.05) is 42.5 Å². The molecule has 2 N–H and O–H groups in total. The van der Waals surface area contributed by atoms with Gasteiger partial charge in [0.25, 0.3) is 5.91 Å². The third kappa shape index (κ3) is 6.70. The van der Waals surface area contributed by atoms with Crippen LogP contribution < -0.4 is 10.6 Å². The van der Waals surface area contributed by atoms with E-state index >= 15 is 0 Å². The Balaban J connectivity index is 1.35. The summed E-state index contributed by atoms with van der Waals surface area (Å²) >= 11 is 0. The molecule has 7 heteroatoms. The molecular formula is C23H27N3O4. The quantitative estimate of drug-likeness (QED) is 0.692. The molecule has 0 aliphatic carbocycles. The summed E-state index contributed by atoms with van der Waals surface area (Å²) in [7, 11) is 0. The average molecular weight is 409 g/mol. The lowest BCUT2D eigenvalue weighted by atomic mass is 10.1. The van der Waals surface area contributed by atoms with Crippen LogP contribution in [0.4, 0.5) is 0 Å². The van der Waals surface area contributed by atoms with E-state index in [1.165, 1.54) is 0 Å². The van der Waals surface area contributed by atoms with E-state index in [0.717, 1.165) is 11.1 Å². The molecule has 0 radical (unpaired) electrons. The van der Waals surface area contributed by atoms with Crippen molar-refractivity contribution in [3.8, 4) is 0 Å². The highest BCUT2D eigenvalue weighted by Crippen LogP contribution is 2.09. The lowest BCUT2D eigenvalue weighted by Crippen LogP contribution is -2.40. The van der Waals surface area contributed by atoms with E-state index in [-0.39, 0.29) is 24.1 Å². The van der Waals surface area contributed by atoms with E-state index in [2.05, 4.69) is 10.6 Å². The Morgan fingerprint density at radius 3 is 2.23 bits per heavy atom. The van der Waals surface area contributed by atoms with Crippen LogP contribution in [0.5, 0.6) is 0 Å². The lowest BCUT2D eigenvalue weighted by molar-refractivity contribution is -0.122. The molecule has 0 aromatic heterocycles. The fraction of sp³-hybridized carbons (Fsp3) is 0.348. The molecule has 3 amide bonds. The number of carbonyl (C=O) groups is 3. The first-order valence-corrected chi connectivity index (χ1v) is 10.1. The Hall–Kier alpha value is -3.19. The van der Waals surface area contributed by atoms with Crippen LogP contribution in [0.25, 0.3) is 0 Å². The molecule has 0 atom stereocenters. The van der Waals surface area contributed by atoms with Crippen LogP contribution in [-0.4, -0.2) is 55.5 Å². The fourth-order valence-corrected chi connectivity index (χ4v) is 3.16. The minimum atomic E-state index is -0.136. The number of nitrogens with one attached hydrogen (secondary N) is 2. The Morgan fingerprint density at radius 2 is 1.53 bits per heavy atom. The summed E-state index contributed by atoms with van der Waals surface area (Å²) in [5.74, 6) is -0.238. The molecule has 0 spiro atoms. The Morgan fingerprint density at radius 1 is 0.833 bits per heavy atom. The van der Waals surface area contributed by atoms with Gasteiger partial charge < -0.3 is 20.3 Å². The third-order valence-corrected chi connectivity index (χ3v) is 4.87. The molecule has 1 aliphatic heterocycles. The van der Waals surface area contributed by atoms with Gasteiger partial charge in [0.05, 0.1) is 19.6 Å². The van der Waals surface area contributed by atoms with Crippen LogP contribution in [0, 0.1) is 0 Å². The number of ether oxygens (including phenoxy) is 1. The molecule has 2 aromatic carbocycles. The zero-order valence-corrected chi connectivity index (χ0v) is 16.9. The predicted octanol–water partition coefficient (Wildman–Crippen LogP) is 1.52. The molecule has 158 valence electrons. The zero-order chi connectivity index (χ0) is 21.2. The van der Waals surface area contributed by atoms with Gasteiger partial charge in [-0.2, -0.15) is 0 Å². The van der Waals surface area contributed by atoms with Gasteiger partial charge in [-0.3, -0.25) is 14.4 Å². The molecule has 0 saturated carbocycles. The number of morpholine rings is 1. The number of amides is 3. The van der Waals surface area contributed by atoms with Gasteiger partial charge in [0.15, 0.2) is 0 Å². The Kier molecular flexibility index (Phi) is 7.97. The number of hydrogen-bond donors (Lipinski definition) is 2. The summed E-state index contributed by atoms with van der Waals surface area (Å²) in [5, 5.41) is 5.59. The first-order chi connectivity index (χ1) is 14.6. The average Bonchev–Trinajstić information content (AvgIpc) is 2.79. The molecule has 3 rings (SSSR count). The largest absolute Gasteiger partial charge is 0.378 e. The van der Waals surface area contributed by atoms with Crippen LogP contribution >= 0.6 is 0 Å². The minimum Gasteiger partial charge on any atom is -0.378 e. The van der Waals surface area contributed by atoms with E-state index in [1.807, 2.05) is 42.5 Å². The first kappa shape index (κ1) is 21.5. The molecule has 1 heterocycles. The number of nitrogens with zero attached hydrogens (tertiary/aromatic N) is 1. The molecular weight excluding hydrogens is 382 g/mol. The maximum Gasteiger partial charge on any atom is 0.254 e. The standard InChI is InChI=1S/C23H27N3O4/c27-21(10-11-24-22(28)16-18-4-2-1-3-5-18)25-17-19-6-8-20(9-7-19)23(29)26-12-14-30-15-13-26/h1-9H,10-17H2,(H,24,28)(H,25,27). The van der Waals surface area contributed by atoms with E-state index in [1.54, 1.807) is 17.0 Å². The second kappa shape index (κ2) is 11.1. The van der Waals surface area contributed by atoms with Crippen molar-refractivity contribution in [2.75, 3.05) is 32.8 Å². The van der Waals surface area contributed by atoms with E-state index < -0.39 is 0 Å². The summed E-state index contributed by atoms with van der Waals surface area (Å²) in [6, 6.07) is 16.7. The van der Waals surface area contributed by atoms with Crippen LogP contribution in [0.15, 0.2) is 54.6 Å². The van der Waals surface area contributed by atoms with Crippen molar-refractivity contribution in [2.45, 2.75) is 19.4 Å².